The van der Waals surface area contributed by atoms with E-state index < -0.39 is 0 Å². The summed E-state index contributed by atoms with van der Waals surface area (Å²) in [6.07, 6.45) is 3.11. The summed E-state index contributed by atoms with van der Waals surface area (Å²) in [5.41, 5.74) is 1.79. The van der Waals surface area contributed by atoms with Crippen LogP contribution in [0.4, 0.5) is 0 Å². The Balaban J connectivity index is 2.44. The maximum atomic E-state index is 11.9. The Kier molecular flexibility index (Phi) is 6.83. The summed E-state index contributed by atoms with van der Waals surface area (Å²) in [7, 11) is 1.68. The minimum absolute atomic E-state index is 0.0371. The minimum Gasteiger partial charge on any atom is -0.380 e. The maximum Gasteiger partial charge on any atom is 0.251 e. The first-order chi connectivity index (χ1) is 8.67. The summed E-state index contributed by atoms with van der Waals surface area (Å²) in [5, 5.41) is 2.91. The molecule has 0 saturated heterocycles. The van der Waals surface area contributed by atoms with Crippen molar-refractivity contribution in [3.8, 4) is 0 Å². The van der Waals surface area contributed by atoms with Crippen LogP contribution >= 0.6 is 11.8 Å². The molecule has 0 aliphatic heterocycles. The molecule has 0 saturated carbocycles. The van der Waals surface area contributed by atoms with Gasteiger partial charge in [0.25, 0.3) is 5.91 Å². The van der Waals surface area contributed by atoms with Crippen molar-refractivity contribution in [1.82, 2.24) is 5.32 Å². The molecule has 4 heteroatoms. The molecule has 18 heavy (non-hydrogen) atoms. The molecule has 1 aromatic rings. The molecule has 0 bridgehead atoms. The van der Waals surface area contributed by atoms with Crippen LogP contribution in [0.15, 0.2) is 24.3 Å². The number of ether oxygens (including phenoxy) is 1. The summed E-state index contributed by atoms with van der Waals surface area (Å²) in [4.78, 5) is 11.9. The zero-order chi connectivity index (χ0) is 13.4. The zero-order valence-electron chi connectivity index (χ0n) is 11.2. The average Bonchev–Trinajstić information content (AvgIpc) is 2.38. The molecule has 0 fully saturated rings. The van der Waals surface area contributed by atoms with Gasteiger partial charge in [-0.2, -0.15) is 11.8 Å². The predicted octanol–water partition coefficient (Wildman–Crippen LogP) is 2.49. The maximum absolute atomic E-state index is 11.9. The van der Waals surface area contributed by atoms with E-state index in [1.54, 1.807) is 18.9 Å². The Morgan fingerprint density at radius 3 is 2.89 bits per heavy atom. The lowest BCUT2D eigenvalue weighted by Gasteiger charge is -2.15. The topological polar surface area (TPSA) is 38.3 Å². The number of aryl methyl sites for hydroxylation is 1. The van der Waals surface area contributed by atoms with E-state index in [4.69, 9.17) is 4.74 Å². The quantitative estimate of drug-likeness (QED) is 0.825. The number of methoxy groups -OCH3 is 1. The monoisotopic (exact) mass is 267 g/mol. The third-order valence-corrected chi connectivity index (χ3v) is 3.39. The van der Waals surface area contributed by atoms with Crippen LogP contribution in [0.3, 0.4) is 0 Å². The second kappa shape index (κ2) is 8.16. The minimum atomic E-state index is -0.0371. The molecule has 1 aromatic carbocycles. The number of hydrogen-bond donors (Lipinski definition) is 1. The fraction of sp³-hybridized carbons (Fsp3) is 0.500. The molecule has 0 radical (unpaired) electrons. The van der Waals surface area contributed by atoms with Gasteiger partial charge in [0, 0.05) is 19.2 Å². The summed E-state index contributed by atoms with van der Waals surface area (Å²) >= 11 is 1.79. The Morgan fingerprint density at radius 1 is 1.50 bits per heavy atom. The first-order valence-corrected chi connectivity index (χ1v) is 7.43. The fourth-order valence-corrected chi connectivity index (χ4v) is 2.15. The predicted molar refractivity (Wildman–Crippen MR) is 77.3 cm³/mol. The molecular weight excluding hydrogens is 246 g/mol. The smallest absolute Gasteiger partial charge is 0.251 e. The van der Waals surface area contributed by atoms with E-state index in [9.17, 15) is 4.79 Å². The second-order valence-electron chi connectivity index (χ2n) is 4.22. The molecular formula is C14H21NO2S. The molecule has 0 spiro atoms. The number of amides is 1. The third-order valence-electron chi connectivity index (χ3n) is 2.75. The van der Waals surface area contributed by atoms with Gasteiger partial charge in [-0.25, -0.2) is 0 Å². The molecule has 1 amide bonds. The number of rotatable bonds is 7. The van der Waals surface area contributed by atoms with Crippen molar-refractivity contribution in [2.24, 2.45) is 0 Å². The van der Waals surface area contributed by atoms with Crippen molar-refractivity contribution >= 4 is 17.7 Å². The van der Waals surface area contributed by atoms with Crippen molar-refractivity contribution in [3.63, 3.8) is 0 Å². The zero-order valence-corrected chi connectivity index (χ0v) is 12.0. The molecule has 3 nitrogen and oxygen atoms in total. The van der Waals surface area contributed by atoms with Gasteiger partial charge in [-0.1, -0.05) is 17.7 Å². The summed E-state index contributed by atoms with van der Waals surface area (Å²) in [6, 6.07) is 7.59. The Morgan fingerprint density at radius 2 is 2.28 bits per heavy atom. The van der Waals surface area contributed by atoms with E-state index >= 15 is 0 Å². The van der Waals surface area contributed by atoms with E-state index in [1.165, 1.54) is 0 Å². The molecule has 1 atom stereocenters. The number of carbonyl (C=O) groups is 1. The highest BCUT2D eigenvalue weighted by Gasteiger charge is 2.10. The van der Waals surface area contributed by atoms with E-state index in [2.05, 4.69) is 11.6 Å². The van der Waals surface area contributed by atoms with Gasteiger partial charge in [0.1, 0.15) is 0 Å². The van der Waals surface area contributed by atoms with Crippen LogP contribution in [0.2, 0.25) is 0 Å². The van der Waals surface area contributed by atoms with Crippen LogP contribution in [-0.2, 0) is 4.74 Å². The Labute approximate surface area is 113 Å². The van der Waals surface area contributed by atoms with Gasteiger partial charge < -0.3 is 10.1 Å². The first kappa shape index (κ1) is 15.1. The van der Waals surface area contributed by atoms with Crippen molar-refractivity contribution in [1.29, 1.82) is 0 Å². The number of carbonyl (C=O) groups excluding carboxylic acids is 1. The molecule has 0 heterocycles. The highest BCUT2D eigenvalue weighted by Crippen LogP contribution is 2.05. The van der Waals surface area contributed by atoms with E-state index in [-0.39, 0.29) is 12.0 Å². The van der Waals surface area contributed by atoms with Gasteiger partial charge in [-0.15, -0.1) is 0 Å². The molecule has 0 aromatic heterocycles. The molecule has 0 aliphatic rings. The molecule has 1 unspecified atom stereocenters. The highest BCUT2D eigenvalue weighted by molar-refractivity contribution is 7.98. The largest absolute Gasteiger partial charge is 0.380 e. The molecule has 100 valence electrons. The fourth-order valence-electron chi connectivity index (χ4n) is 1.65. The molecule has 0 aliphatic carbocycles. The molecule has 1 rings (SSSR count). The lowest BCUT2D eigenvalue weighted by Crippen LogP contribution is -2.33. The second-order valence-corrected chi connectivity index (χ2v) is 5.20. The van der Waals surface area contributed by atoms with Crippen molar-refractivity contribution < 1.29 is 9.53 Å². The normalized spacial score (nSPS) is 12.2. The van der Waals surface area contributed by atoms with Gasteiger partial charge in [-0.05, 0) is 37.5 Å². The van der Waals surface area contributed by atoms with E-state index in [0.29, 0.717) is 12.1 Å². The van der Waals surface area contributed by atoms with Gasteiger partial charge in [0.05, 0.1) is 6.10 Å². The van der Waals surface area contributed by atoms with Crippen LogP contribution in [0, 0.1) is 6.92 Å². The Bertz CT molecular complexity index is 382. The third kappa shape index (κ3) is 5.10. The Hall–Kier alpha value is -1.00. The number of benzene rings is 1. The van der Waals surface area contributed by atoms with Crippen LogP contribution in [0.1, 0.15) is 22.3 Å². The number of thioether (sulfide) groups is 1. The summed E-state index contributed by atoms with van der Waals surface area (Å²) in [5.74, 6) is 1.00. The summed E-state index contributed by atoms with van der Waals surface area (Å²) in [6.45, 7) is 2.54. The van der Waals surface area contributed by atoms with Crippen molar-refractivity contribution in [3.05, 3.63) is 35.4 Å². The van der Waals surface area contributed by atoms with Crippen LogP contribution in [-0.4, -0.2) is 37.7 Å². The lowest BCUT2D eigenvalue weighted by molar-refractivity contribution is 0.0819. The van der Waals surface area contributed by atoms with E-state index in [0.717, 1.165) is 17.7 Å². The average molecular weight is 267 g/mol. The van der Waals surface area contributed by atoms with Crippen molar-refractivity contribution in [2.75, 3.05) is 25.7 Å². The highest BCUT2D eigenvalue weighted by atomic mass is 32.2. The standard InChI is InChI=1S/C14H21NO2S/c1-11-5-4-6-12(9-11)14(16)15-10-13(17-2)7-8-18-3/h4-6,9,13H,7-8,10H2,1-3H3,(H,15,16). The van der Waals surface area contributed by atoms with Gasteiger partial charge in [0.2, 0.25) is 0 Å². The number of nitrogens with one attached hydrogen (secondary N) is 1. The SMILES string of the molecule is COC(CCSC)CNC(=O)c1cccc(C)c1. The van der Waals surface area contributed by atoms with E-state index in [1.807, 2.05) is 31.2 Å². The molecule has 1 N–H and O–H groups in total. The lowest BCUT2D eigenvalue weighted by atomic mass is 10.1. The van der Waals surface area contributed by atoms with Crippen LogP contribution in [0.25, 0.3) is 0 Å². The number of hydrogen-bond acceptors (Lipinski definition) is 3. The van der Waals surface area contributed by atoms with Gasteiger partial charge >= 0.3 is 0 Å². The van der Waals surface area contributed by atoms with Gasteiger partial charge in [-0.3, -0.25) is 4.79 Å². The van der Waals surface area contributed by atoms with Crippen molar-refractivity contribution in [2.45, 2.75) is 19.4 Å². The van der Waals surface area contributed by atoms with Crippen LogP contribution < -0.4 is 5.32 Å². The summed E-state index contributed by atoms with van der Waals surface area (Å²) < 4.78 is 5.33. The van der Waals surface area contributed by atoms with Crippen LogP contribution in [0.5, 0.6) is 0 Å². The van der Waals surface area contributed by atoms with Gasteiger partial charge in [0.15, 0.2) is 0 Å². The first-order valence-electron chi connectivity index (χ1n) is 6.04.